The molecule has 9 aromatic rings. The second-order valence-electron chi connectivity index (χ2n) is 15.8. The largest absolute Gasteiger partial charge is 0.310 e. The molecule has 0 heterocycles. The van der Waals surface area contributed by atoms with Crippen LogP contribution in [0.2, 0.25) is 0 Å². The van der Waals surface area contributed by atoms with Crippen molar-refractivity contribution in [3.05, 3.63) is 216 Å². The summed E-state index contributed by atoms with van der Waals surface area (Å²) in [4.78, 5) is 4.76. The quantitative estimate of drug-likeness (QED) is 0.150. The lowest BCUT2D eigenvalue weighted by Gasteiger charge is -2.29. The summed E-state index contributed by atoms with van der Waals surface area (Å²) in [6.45, 7) is 11.2. The summed E-state index contributed by atoms with van der Waals surface area (Å²) < 4.78 is 0. The first-order chi connectivity index (χ1) is 28.4. The van der Waals surface area contributed by atoms with Crippen LogP contribution in [0.1, 0.15) is 31.9 Å². The van der Waals surface area contributed by atoms with Gasteiger partial charge < -0.3 is 9.80 Å². The number of benzene rings is 9. The third kappa shape index (κ3) is 5.80. The summed E-state index contributed by atoms with van der Waals surface area (Å²) >= 11 is 0. The van der Waals surface area contributed by atoms with E-state index in [-0.39, 0.29) is 5.41 Å². The van der Waals surface area contributed by atoms with Gasteiger partial charge in [0.1, 0.15) is 0 Å². The SMILES string of the molecule is C=c1ccc(N(c2ccccc2)c2ccc3c4c(c5ccccc5c3c2)-c2ccc(N(c3ccccc3)c3ccc5ccccc5c3)cc2C4(C)C)c/c1=C/C=C\C. The van der Waals surface area contributed by atoms with Gasteiger partial charge in [-0.15, -0.1) is 0 Å². The predicted octanol–water partition coefficient (Wildman–Crippen LogP) is 14.2. The number of rotatable bonds is 7. The van der Waals surface area contributed by atoms with Crippen molar-refractivity contribution in [3.63, 3.8) is 0 Å². The molecule has 2 heteroatoms. The maximum Gasteiger partial charge on any atom is 0.0468 e. The highest BCUT2D eigenvalue weighted by atomic mass is 15.1. The Morgan fingerprint density at radius 1 is 0.466 bits per heavy atom. The zero-order chi connectivity index (χ0) is 39.4. The van der Waals surface area contributed by atoms with Gasteiger partial charge in [0, 0.05) is 39.5 Å². The molecule has 0 aliphatic heterocycles. The summed E-state index contributed by atoms with van der Waals surface area (Å²) in [6.07, 6.45) is 6.27. The molecule has 0 saturated heterocycles. The van der Waals surface area contributed by atoms with E-state index in [0.717, 1.165) is 44.6 Å². The van der Waals surface area contributed by atoms with Crippen LogP contribution in [0, 0.1) is 0 Å². The monoisotopic (exact) mass is 744 g/mol. The van der Waals surface area contributed by atoms with Crippen molar-refractivity contribution in [2.75, 3.05) is 9.80 Å². The topological polar surface area (TPSA) is 6.48 Å². The van der Waals surface area contributed by atoms with E-state index in [1.807, 2.05) is 6.92 Å². The number of nitrogens with zero attached hydrogens (tertiary/aromatic N) is 2. The van der Waals surface area contributed by atoms with Gasteiger partial charge in [-0.1, -0.05) is 148 Å². The minimum Gasteiger partial charge on any atom is -0.310 e. The van der Waals surface area contributed by atoms with Crippen LogP contribution in [0.4, 0.5) is 34.1 Å². The fourth-order valence-corrected chi connectivity index (χ4v) is 9.23. The van der Waals surface area contributed by atoms with Crippen LogP contribution >= 0.6 is 0 Å². The molecule has 2 nitrogen and oxygen atoms in total. The first-order valence-corrected chi connectivity index (χ1v) is 20.2. The number of allylic oxidation sites excluding steroid dienone is 2. The fourth-order valence-electron chi connectivity index (χ4n) is 9.23. The van der Waals surface area contributed by atoms with Crippen LogP contribution in [0.3, 0.4) is 0 Å². The maximum atomic E-state index is 4.33. The van der Waals surface area contributed by atoms with Gasteiger partial charge in [-0.25, -0.2) is 0 Å². The van der Waals surface area contributed by atoms with E-state index in [9.17, 15) is 0 Å². The zero-order valence-corrected chi connectivity index (χ0v) is 33.2. The molecule has 278 valence electrons. The van der Waals surface area contributed by atoms with Crippen molar-refractivity contribution >= 4 is 79.1 Å². The molecular formula is C56H44N2. The predicted molar refractivity (Wildman–Crippen MR) is 250 cm³/mol. The second kappa shape index (κ2) is 14.1. The molecule has 0 spiro atoms. The first-order valence-electron chi connectivity index (χ1n) is 20.2. The number of anilines is 6. The number of hydrogen-bond donors (Lipinski definition) is 0. The Kier molecular flexibility index (Phi) is 8.57. The fraction of sp³-hybridized carbons (Fsp3) is 0.0714. The van der Waals surface area contributed by atoms with Crippen LogP contribution in [-0.4, -0.2) is 0 Å². The molecule has 0 bridgehead atoms. The summed E-state index contributed by atoms with van der Waals surface area (Å²) in [5.74, 6) is 0. The molecule has 0 unspecified atom stereocenters. The summed E-state index contributed by atoms with van der Waals surface area (Å²) in [5, 5.41) is 9.66. The van der Waals surface area contributed by atoms with E-state index in [4.69, 9.17) is 0 Å². The van der Waals surface area contributed by atoms with Crippen LogP contribution in [0.15, 0.2) is 194 Å². The lowest BCUT2D eigenvalue weighted by atomic mass is 9.79. The second-order valence-corrected chi connectivity index (χ2v) is 15.8. The van der Waals surface area contributed by atoms with Crippen molar-refractivity contribution in [1.82, 2.24) is 0 Å². The van der Waals surface area contributed by atoms with Gasteiger partial charge in [-0.3, -0.25) is 0 Å². The summed E-state index contributed by atoms with van der Waals surface area (Å²) in [6, 6.07) is 66.5. The summed E-state index contributed by atoms with van der Waals surface area (Å²) in [7, 11) is 0. The Bertz CT molecular complexity index is 3180. The van der Waals surface area contributed by atoms with Crippen LogP contribution < -0.4 is 20.2 Å². The Balaban J connectivity index is 1.16. The minimum absolute atomic E-state index is 0.267. The maximum absolute atomic E-state index is 4.33. The van der Waals surface area contributed by atoms with E-state index in [1.165, 1.54) is 54.6 Å². The van der Waals surface area contributed by atoms with E-state index in [1.54, 1.807) is 0 Å². The van der Waals surface area contributed by atoms with Gasteiger partial charge in [0.25, 0.3) is 0 Å². The van der Waals surface area contributed by atoms with Crippen LogP contribution in [0.25, 0.3) is 56.1 Å². The van der Waals surface area contributed by atoms with Gasteiger partial charge in [-0.2, -0.15) is 0 Å². The molecule has 9 aromatic carbocycles. The van der Waals surface area contributed by atoms with Crippen molar-refractivity contribution < 1.29 is 0 Å². The van der Waals surface area contributed by atoms with Gasteiger partial charge in [0.05, 0.1) is 0 Å². The molecule has 0 radical (unpaired) electrons. The lowest BCUT2D eigenvalue weighted by Crippen LogP contribution is -2.24. The third-order valence-corrected chi connectivity index (χ3v) is 12.0. The van der Waals surface area contributed by atoms with E-state index >= 15 is 0 Å². The van der Waals surface area contributed by atoms with E-state index in [2.05, 4.69) is 230 Å². The Hall–Kier alpha value is -7.16. The molecule has 0 fully saturated rings. The number of hydrogen-bond acceptors (Lipinski definition) is 2. The van der Waals surface area contributed by atoms with Crippen LogP contribution in [0.5, 0.6) is 0 Å². The Labute approximate surface area is 340 Å². The number of fused-ring (bicyclic) bond motifs is 9. The number of para-hydroxylation sites is 2. The van der Waals surface area contributed by atoms with Crippen molar-refractivity contribution in [2.45, 2.75) is 26.2 Å². The minimum atomic E-state index is -0.267. The Morgan fingerprint density at radius 2 is 1.03 bits per heavy atom. The lowest BCUT2D eigenvalue weighted by molar-refractivity contribution is 0.666. The zero-order valence-electron chi connectivity index (χ0n) is 33.2. The summed E-state index contributed by atoms with van der Waals surface area (Å²) in [5.41, 5.74) is 11.8. The van der Waals surface area contributed by atoms with Crippen molar-refractivity contribution in [1.29, 1.82) is 0 Å². The first kappa shape index (κ1) is 35.3. The van der Waals surface area contributed by atoms with E-state index in [0.29, 0.717) is 0 Å². The van der Waals surface area contributed by atoms with E-state index < -0.39 is 0 Å². The Morgan fingerprint density at radius 3 is 1.76 bits per heavy atom. The smallest absolute Gasteiger partial charge is 0.0468 e. The molecule has 0 N–H and O–H groups in total. The van der Waals surface area contributed by atoms with Gasteiger partial charge in [-0.05, 0) is 145 Å². The highest BCUT2D eigenvalue weighted by molar-refractivity contribution is 6.19. The van der Waals surface area contributed by atoms with Crippen molar-refractivity contribution in [3.8, 4) is 11.1 Å². The molecule has 1 aliphatic rings. The molecular weight excluding hydrogens is 701 g/mol. The molecule has 0 saturated carbocycles. The molecule has 58 heavy (non-hydrogen) atoms. The molecule has 1 aliphatic carbocycles. The third-order valence-electron chi connectivity index (χ3n) is 12.0. The normalized spacial score (nSPS) is 13.3. The molecule has 0 aromatic heterocycles. The van der Waals surface area contributed by atoms with Gasteiger partial charge >= 0.3 is 0 Å². The highest BCUT2D eigenvalue weighted by Crippen LogP contribution is 2.56. The van der Waals surface area contributed by atoms with Gasteiger partial charge in [0.2, 0.25) is 0 Å². The molecule has 0 atom stereocenters. The highest BCUT2D eigenvalue weighted by Gasteiger charge is 2.39. The average molecular weight is 745 g/mol. The average Bonchev–Trinajstić information content (AvgIpc) is 3.50. The van der Waals surface area contributed by atoms with Gasteiger partial charge in [0.15, 0.2) is 0 Å². The molecule has 0 amide bonds. The van der Waals surface area contributed by atoms with Crippen LogP contribution in [-0.2, 0) is 5.41 Å². The molecule has 10 rings (SSSR count). The van der Waals surface area contributed by atoms with Crippen molar-refractivity contribution in [2.24, 2.45) is 0 Å². The standard InChI is InChI=1S/C56H44N2/c1-5-6-17-40-34-44(28-26-38(40)2)57(42-20-9-7-10-21-42)46-30-32-50-52(36-46)48-24-15-16-25-49(48)54-51-33-31-47(37-53(51)56(3,4)55(50)54)58(43-22-11-8-12-23-43)45-29-27-39-18-13-14-19-41(39)35-45/h5-37H,2H2,1,3-4H3/b6-5-,40-17-.